The van der Waals surface area contributed by atoms with Crippen molar-refractivity contribution in [3.05, 3.63) is 66.7 Å². The molecule has 0 radical (unpaired) electrons. The summed E-state index contributed by atoms with van der Waals surface area (Å²) in [6.45, 7) is 0. The third kappa shape index (κ3) is 3.81. The maximum absolute atomic E-state index is 4.61. The molecule has 0 unspecified atom stereocenters. The largest absolute Gasteiger partial charge is 0.294 e. The Bertz CT molecular complexity index is 733. The number of nitrogens with one attached hydrogen (secondary N) is 1. The Balaban J connectivity index is 1.85. The van der Waals surface area contributed by atoms with E-state index in [1.165, 1.54) is 11.9 Å². The minimum absolute atomic E-state index is 0.625. The molecule has 0 aliphatic carbocycles. The van der Waals surface area contributed by atoms with Gasteiger partial charge in [0.25, 0.3) is 0 Å². The van der Waals surface area contributed by atoms with Gasteiger partial charge in [-0.05, 0) is 36.4 Å². The van der Waals surface area contributed by atoms with Crippen molar-refractivity contribution in [2.24, 2.45) is 0 Å². The summed E-state index contributed by atoms with van der Waals surface area (Å²) in [4.78, 5) is 10.2. The second-order valence-electron chi connectivity index (χ2n) is 4.50. The highest BCUT2D eigenvalue weighted by molar-refractivity contribution is 8.00. The molecule has 3 aromatic rings. The summed E-state index contributed by atoms with van der Waals surface area (Å²) in [7, 11) is 0. The number of nitrogens with zero attached hydrogens (tertiary/aromatic N) is 2. The van der Waals surface area contributed by atoms with Crippen molar-refractivity contribution in [1.82, 2.24) is 9.97 Å². The van der Waals surface area contributed by atoms with Crippen LogP contribution in [-0.4, -0.2) is 16.2 Å². The topological polar surface area (TPSA) is 37.8 Å². The molecule has 3 nitrogen and oxygen atoms in total. The van der Waals surface area contributed by atoms with Gasteiger partial charge in [-0.15, -0.1) is 11.8 Å². The van der Waals surface area contributed by atoms with Gasteiger partial charge in [0.05, 0.1) is 5.69 Å². The minimum Gasteiger partial charge on any atom is -0.294 e. The highest BCUT2D eigenvalue weighted by atomic mass is 32.2. The summed E-state index contributed by atoms with van der Waals surface area (Å²) in [5, 5.41) is 0.949. The Morgan fingerprint density at radius 2 is 1.55 bits per heavy atom. The van der Waals surface area contributed by atoms with Crippen LogP contribution in [0.1, 0.15) is 0 Å². The van der Waals surface area contributed by atoms with Gasteiger partial charge < -0.3 is 0 Å². The highest BCUT2D eigenvalue weighted by Crippen LogP contribution is 2.25. The van der Waals surface area contributed by atoms with E-state index >= 15 is 0 Å². The van der Waals surface area contributed by atoms with Crippen molar-refractivity contribution in [1.29, 1.82) is 0 Å². The lowest BCUT2D eigenvalue weighted by atomic mass is 10.1. The van der Waals surface area contributed by atoms with Crippen LogP contribution in [-0.2, 0) is 0 Å². The average molecular weight is 325 g/mol. The van der Waals surface area contributed by atoms with Crippen LogP contribution in [0.2, 0.25) is 0 Å². The van der Waals surface area contributed by atoms with Crippen LogP contribution in [0.4, 0.5) is 5.95 Å². The summed E-state index contributed by atoms with van der Waals surface area (Å²) in [6.07, 6.45) is 2.02. The maximum Gasteiger partial charge on any atom is 0.234 e. The van der Waals surface area contributed by atoms with E-state index in [0.29, 0.717) is 5.95 Å². The van der Waals surface area contributed by atoms with Crippen LogP contribution in [0.3, 0.4) is 0 Å². The molecular formula is C17H15N3S2. The van der Waals surface area contributed by atoms with E-state index in [4.69, 9.17) is 0 Å². The molecule has 2 aromatic carbocycles. The Kier molecular flexibility index (Phi) is 4.98. The third-order valence-corrected chi connectivity index (χ3v) is 4.40. The van der Waals surface area contributed by atoms with E-state index in [1.807, 2.05) is 60.9 Å². The highest BCUT2D eigenvalue weighted by Gasteiger charge is 2.06. The van der Waals surface area contributed by atoms with E-state index in [2.05, 4.69) is 26.8 Å². The van der Waals surface area contributed by atoms with E-state index in [-0.39, 0.29) is 0 Å². The molecule has 110 valence electrons. The van der Waals surface area contributed by atoms with E-state index < -0.39 is 0 Å². The summed E-state index contributed by atoms with van der Waals surface area (Å²) < 4.78 is 3.23. The first-order chi connectivity index (χ1) is 10.8. The molecule has 0 bridgehead atoms. The van der Waals surface area contributed by atoms with Crippen molar-refractivity contribution in [3.63, 3.8) is 0 Å². The predicted octanol–water partition coefficient (Wildman–Crippen LogP) is 4.98. The van der Waals surface area contributed by atoms with Crippen LogP contribution in [0.25, 0.3) is 11.3 Å². The van der Waals surface area contributed by atoms with Gasteiger partial charge in [-0.2, -0.15) is 0 Å². The van der Waals surface area contributed by atoms with E-state index in [1.54, 1.807) is 11.8 Å². The molecule has 0 saturated carbocycles. The van der Waals surface area contributed by atoms with Gasteiger partial charge in [0.2, 0.25) is 5.95 Å². The summed E-state index contributed by atoms with van der Waals surface area (Å²) in [5.41, 5.74) is 2.02. The number of anilines is 1. The molecule has 0 fully saturated rings. The third-order valence-electron chi connectivity index (χ3n) is 2.98. The Morgan fingerprint density at radius 1 is 0.864 bits per heavy atom. The summed E-state index contributed by atoms with van der Waals surface area (Å²) in [5.74, 6) is 0.625. The Morgan fingerprint density at radius 3 is 2.23 bits per heavy atom. The second kappa shape index (κ2) is 7.33. The minimum atomic E-state index is 0.625. The van der Waals surface area contributed by atoms with Gasteiger partial charge in [0, 0.05) is 10.5 Å². The number of aromatic nitrogens is 2. The number of hydrogen-bond acceptors (Lipinski definition) is 5. The first kappa shape index (κ1) is 14.9. The van der Waals surface area contributed by atoms with E-state index in [0.717, 1.165) is 21.2 Å². The SMILES string of the molecule is CSc1cc(-c2ccccc2)nc(NSc2ccccc2)n1. The second-order valence-corrected chi connectivity index (χ2v) is 6.21. The number of benzene rings is 2. The van der Waals surface area contributed by atoms with Gasteiger partial charge in [-0.3, -0.25) is 4.72 Å². The standard InChI is InChI=1S/C17H15N3S2/c1-21-16-12-15(13-8-4-2-5-9-13)18-17(19-16)20-22-14-10-6-3-7-11-14/h2-12H,1H3,(H,18,19,20). The molecule has 5 heteroatoms. The molecular weight excluding hydrogens is 310 g/mol. The smallest absolute Gasteiger partial charge is 0.234 e. The lowest BCUT2D eigenvalue weighted by molar-refractivity contribution is 1.07. The van der Waals surface area contributed by atoms with Gasteiger partial charge >= 0.3 is 0 Å². The zero-order chi connectivity index (χ0) is 15.2. The molecule has 0 amide bonds. The van der Waals surface area contributed by atoms with Crippen LogP contribution in [0.15, 0.2) is 76.7 Å². The molecule has 0 atom stereocenters. The Labute approximate surface area is 138 Å². The van der Waals surface area contributed by atoms with Crippen LogP contribution in [0, 0.1) is 0 Å². The zero-order valence-electron chi connectivity index (χ0n) is 12.1. The molecule has 1 heterocycles. The summed E-state index contributed by atoms with van der Waals surface area (Å²) >= 11 is 3.13. The monoisotopic (exact) mass is 325 g/mol. The molecule has 1 N–H and O–H groups in total. The fourth-order valence-electron chi connectivity index (χ4n) is 1.93. The molecule has 3 rings (SSSR count). The number of hydrogen-bond donors (Lipinski definition) is 1. The maximum atomic E-state index is 4.61. The molecule has 0 aliphatic rings. The van der Waals surface area contributed by atoms with Crippen molar-refractivity contribution in [2.75, 3.05) is 11.0 Å². The molecule has 0 saturated heterocycles. The van der Waals surface area contributed by atoms with Gasteiger partial charge in [0.1, 0.15) is 5.03 Å². The lowest BCUT2D eigenvalue weighted by Crippen LogP contribution is -1.97. The van der Waals surface area contributed by atoms with E-state index in [9.17, 15) is 0 Å². The van der Waals surface area contributed by atoms with Crippen molar-refractivity contribution >= 4 is 29.7 Å². The van der Waals surface area contributed by atoms with Gasteiger partial charge in [-0.1, -0.05) is 48.5 Å². The first-order valence-electron chi connectivity index (χ1n) is 6.81. The van der Waals surface area contributed by atoms with Gasteiger partial charge in [-0.25, -0.2) is 9.97 Å². The Hall–Kier alpha value is -1.98. The lowest BCUT2D eigenvalue weighted by Gasteiger charge is -2.08. The normalized spacial score (nSPS) is 10.4. The van der Waals surface area contributed by atoms with Crippen LogP contribution < -0.4 is 4.72 Å². The first-order valence-corrected chi connectivity index (χ1v) is 8.86. The predicted molar refractivity (Wildman–Crippen MR) is 95.2 cm³/mol. The van der Waals surface area contributed by atoms with Crippen LogP contribution >= 0.6 is 23.7 Å². The molecule has 0 spiro atoms. The average Bonchev–Trinajstić information content (AvgIpc) is 2.61. The fourth-order valence-corrected chi connectivity index (χ4v) is 2.93. The molecule has 22 heavy (non-hydrogen) atoms. The number of rotatable bonds is 5. The molecule has 0 aliphatic heterocycles. The van der Waals surface area contributed by atoms with Gasteiger partial charge in [0.15, 0.2) is 0 Å². The fraction of sp³-hybridized carbons (Fsp3) is 0.0588. The van der Waals surface area contributed by atoms with Crippen molar-refractivity contribution < 1.29 is 0 Å². The number of thioether (sulfide) groups is 1. The van der Waals surface area contributed by atoms with Crippen molar-refractivity contribution in [3.8, 4) is 11.3 Å². The van der Waals surface area contributed by atoms with Crippen LogP contribution in [0.5, 0.6) is 0 Å². The molecule has 1 aromatic heterocycles. The quantitative estimate of drug-likeness (QED) is 0.406. The zero-order valence-corrected chi connectivity index (χ0v) is 13.7. The van der Waals surface area contributed by atoms with Crippen molar-refractivity contribution in [2.45, 2.75) is 9.92 Å². The summed E-state index contributed by atoms with van der Waals surface area (Å²) in [6, 6.07) is 22.3.